The molecule has 0 aliphatic carbocycles. The third-order valence-electron chi connectivity index (χ3n) is 4.15. The number of carboxylic acid groups (broad SMARTS) is 1. The monoisotopic (exact) mass is 443 g/mol. The molecule has 2 rings (SSSR count). The van der Waals surface area contributed by atoms with E-state index in [4.69, 9.17) is 9.47 Å². The Bertz CT molecular complexity index is 856. The molecule has 0 saturated heterocycles. The van der Waals surface area contributed by atoms with Crippen molar-refractivity contribution in [1.29, 1.82) is 0 Å². The fourth-order valence-corrected chi connectivity index (χ4v) is 3.68. The molecule has 1 amide bonds. The lowest BCUT2D eigenvalue weighted by Gasteiger charge is -2.22. The molecule has 164 valence electrons. The summed E-state index contributed by atoms with van der Waals surface area (Å²) in [5.41, 5.74) is 0.148. The minimum absolute atomic E-state index is 0.0137. The van der Waals surface area contributed by atoms with Crippen LogP contribution in [0.1, 0.15) is 28.4 Å². The van der Waals surface area contributed by atoms with Crippen molar-refractivity contribution >= 4 is 35.8 Å². The topological polar surface area (TPSA) is 169 Å². The highest BCUT2D eigenvalue weighted by atomic mass is 32.2. The molecule has 0 spiro atoms. The van der Waals surface area contributed by atoms with Crippen LogP contribution in [0.4, 0.5) is 4.79 Å². The Morgan fingerprint density at radius 1 is 1.30 bits per heavy atom. The number of carbonyl (C=O) groups excluding carboxylic acids is 3. The number of rotatable bonds is 3. The molecule has 1 aromatic rings. The van der Waals surface area contributed by atoms with E-state index < -0.39 is 42.8 Å². The van der Waals surface area contributed by atoms with Crippen LogP contribution in [0.15, 0.2) is 6.07 Å². The summed E-state index contributed by atoms with van der Waals surface area (Å²) < 4.78 is 14.5. The number of esters is 1. The fourth-order valence-electron chi connectivity index (χ4n) is 2.60. The van der Waals surface area contributed by atoms with Gasteiger partial charge in [-0.3, -0.25) is 4.79 Å². The number of aliphatic carboxylic acids is 1. The van der Waals surface area contributed by atoms with E-state index in [0.717, 1.165) is 17.8 Å². The molecule has 30 heavy (non-hydrogen) atoms. The van der Waals surface area contributed by atoms with Crippen LogP contribution >= 0.6 is 11.8 Å². The van der Waals surface area contributed by atoms with E-state index in [2.05, 4.69) is 10.1 Å². The predicted molar refractivity (Wildman–Crippen MR) is 102 cm³/mol. The molecule has 1 aromatic carbocycles. The Morgan fingerprint density at radius 2 is 2.00 bits per heavy atom. The lowest BCUT2D eigenvalue weighted by molar-refractivity contribution is -0.143. The highest BCUT2D eigenvalue weighted by Crippen LogP contribution is 2.35. The highest BCUT2D eigenvalue weighted by Gasteiger charge is 2.32. The van der Waals surface area contributed by atoms with Crippen LogP contribution in [0.2, 0.25) is 0 Å². The van der Waals surface area contributed by atoms with Crippen molar-refractivity contribution in [2.75, 3.05) is 19.0 Å². The zero-order valence-electron chi connectivity index (χ0n) is 16.2. The number of aromatic hydroxyl groups is 2. The first-order chi connectivity index (χ1) is 14.1. The average molecular weight is 443 g/mol. The second-order valence-corrected chi connectivity index (χ2v) is 7.23. The van der Waals surface area contributed by atoms with Crippen LogP contribution in [0.5, 0.6) is 11.5 Å². The zero-order chi connectivity index (χ0) is 22.4. The smallest absolute Gasteiger partial charge is 0.508 e. The average Bonchev–Trinajstić information content (AvgIpc) is 2.66. The molecule has 1 aliphatic rings. The Labute approximate surface area is 175 Å². The van der Waals surface area contributed by atoms with Crippen LogP contribution in [0.25, 0.3) is 0 Å². The molecule has 12 heteroatoms. The van der Waals surface area contributed by atoms with Gasteiger partial charge >= 0.3 is 18.1 Å². The molecule has 0 unspecified atom stereocenters. The summed E-state index contributed by atoms with van der Waals surface area (Å²) in [4.78, 5) is 48.2. The molecule has 0 radical (unpaired) electrons. The van der Waals surface area contributed by atoms with Crippen molar-refractivity contribution in [1.82, 2.24) is 5.32 Å². The number of carbonyl (C=O) groups is 4. The Hall–Kier alpha value is -3.15. The summed E-state index contributed by atoms with van der Waals surface area (Å²) in [6.45, 7) is 2.17. The van der Waals surface area contributed by atoms with Gasteiger partial charge in [0.05, 0.1) is 12.2 Å². The Morgan fingerprint density at radius 3 is 2.63 bits per heavy atom. The first-order valence-corrected chi connectivity index (χ1v) is 9.97. The number of hydrogen-bond donors (Lipinski definition) is 4. The minimum Gasteiger partial charge on any atom is -0.508 e. The van der Waals surface area contributed by atoms with Crippen LogP contribution < -0.4 is 5.32 Å². The molecule has 2 atom stereocenters. The minimum atomic E-state index is -1.67. The number of cyclic esters (lactones) is 1. The van der Waals surface area contributed by atoms with Gasteiger partial charge in [-0.25, -0.2) is 14.4 Å². The molecule has 4 N–H and O–H groups in total. The molecule has 0 fully saturated rings. The Balaban J connectivity index is 2.42. The van der Waals surface area contributed by atoms with Gasteiger partial charge in [-0.1, -0.05) is 0 Å². The van der Waals surface area contributed by atoms with Gasteiger partial charge in [-0.05, 0) is 13.8 Å². The number of thioether (sulfide) groups is 1. The molecule has 11 nitrogen and oxygen atoms in total. The number of phenolic OH excluding ortho intramolecular Hbond substituents is 2. The van der Waals surface area contributed by atoms with Crippen molar-refractivity contribution in [3.8, 4) is 11.5 Å². The van der Waals surface area contributed by atoms with Gasteiger partial charge in [0.15, 0.2) is 0 Å². The molecule has 1 aliphatic heterocycles. The van der Waals surface area contributed by atoms with Gasteiger partial charge in [0.25, 0.3) is 5.91 Å². The first-order valence-electron chi connectivity index (χ1n) is 8.81. The largest absolute Gasteiger partial charge is 0.509 e. The van der Waals surface area contributed by atoms with Crippen LogP contribution in [-0.2, 0) is 29.6 Å². The predicted octanol–water partition coefficient (Wildman–Crippen LogP) is 0.921. The standard InChI is InChI=1S/C18H21NO10S/c1-3-27-18(26)29-13-5-28-17(25)14-8(2)11(20)4-12(21)9(14)6-30-7-10(16(23)24)19-15(13)22/h4,10,13,20-21H,3,5-7H2,1-2H3,(H,19,22)(H,23,24)/t10-,13-/m0/s1. The fraction of sp³-hybridized carbons (Fsp3) is 0.444. The first kappa shape index (κ1) is 23.1. The summed E-state index contributed by atoms with van der Waals surface area (Å²) in [5, 5.41) is 31.7. The number of amides is 1. The number of benzene rings is 1. The van der Waals surface area contributed by atoms with E-state index in [1.165, 1.54) is 13.8 Å². The second-order valence-electron chi connectivity index (χ2n) is 6.20. The van der Waals surface area contributed by atoms with E-state index in [1.54, 1.807) is 0 Å². The van der Waals surface area contributed by atoms with Crippen molar-refractivity contribution in [2.45, 2.75) is 31.7 Å². The quantitative estimate of drug-likeness (QED) is 0.490. The highest BCUT2D eigenvalue weighted by molar-refractivity contribution is 7.98. The van der Waals surface area contributed by atoms with Crippen molar-refractivity contribution < 1.29 is 48.7 Å². The molecular weight excluding hydrogens is 422 g/mol. The number of nitrogens with one attached hydrogen (secondary N) is 1. The SMILES string of the molecule is CCOC(=O)O[C@H]1COC(=O)c2c(C)c(O)cc(O)c2CSC[C@@H](C(=O)O)NC1=O. The van der Waals surface area contributed by atoms with Gasteiger partial charge < -0.3 is 34.8 Å². The van der Waals surface area contributed by atoms with E-state index in [0.29, 0.717) is 0 Å². The van der Waals surface area contributed by atoms with Gasteiger partial charge in [0.1, 0.15) is 24.1 Å². The molecule has 0 saturated carbocycles. The Kier molecular flexibility index (Phi) is 7.75. The van der Waals surface area contributed by atoms with Crippen molar-refractivity contribution in [2.24, 2.45) is 0 Å². The van der Waals surface area contributed by atoms with Gasteiger partial charge in [-0.2, -0.15) is 11.8 Å². The van der Waals surface area contributed by atoms with Gasteiger partial charge in [-0.15, -0.1) is 0 Å². The molecule has 0 aromatic heterocycles. The summed E-state index contributed by atoms with van der Waals surface area (Å²) >= 11 is 1.03. The summed E-state index contributed by atoms with van der Waals surface area (Å²) in [5.74, 6) is -4.09. The van der Waals surface area contributed by atoms with Crippen LogP contribution in [0, 0.1) is 6.92 Å². The molecular formula is C18H21NO10S. The number of hydrogen-bond acceptors (Lipinski definition) is 10. The van der Waals surface area contributed by atoms with E-state index in [-0.39, 0.29) is 46.3 Å². The third kappa shape index (κ3) is 5.47. The van der Waals surface area contributed by atoms with Crippen LogP contribution in [-0.4, -0.2) is 70.4 Å². The van der Waals surface area contributed by atoms with E-state index in [1.807, 2.05) is 0 Å². The zero-order valence-corrected chi connectivity index (χ0v) is 17.0. The summed E-state index contributed by atoms with van der Waals surface area (Å²) in [6, 6.07) is -0.272. The summed E-state index contributed by atoms with van der Waals surface area (Å²) in [6.07, 6.45) is -2.87. The van der Waals surface area contributed by atoms with Crippen molar-refractivity contribution in [3.63, 3.8) is 0 Å². The lowest BCUT2D eigenvalue weighted by Crippen LogP contribution is -2.49. The van der Waals surface area contributed by atoms with Gasteiger partial charge in [0.2, 0.25) is 6.10 Å². The second kappa shape index (κ2) is 10.1. The number of ether oxygens (including phenoxy) is 3. The van der Waals surface area contributed by atoms with Crippen molar-refractivity contribution in [3.05, 3.63) is 22.8 Å². The maximum Gasteiger partial charge on any atom is 0.509 e. The van der Waals surface area contributed by atoms with E-state index in [9.17, 15) is 34.5 Å². The van der Waals surface area contributed by atoms with E-state index >= 15 is 0 Å². The third-order valence-corrected chi connectivity index (χ3v) is 5.21. The van der Waals surface area contributed by atoms with Gasteiger partial charge in [0, 0.05) is 28.7 Å². The maximum absolute atomic E-state index is 12.6. The molecule has 0 bridgehead atoms. The maximum atomic E-state index is 12.6. The van der Waals surface area contributed by atoms with Crippen LogP contribution in [0.3, 0.4) is 0 Å². The molecule has 1 heterocycles. The lowest BCUT2D eigenvalue weighted by atomic mass is 10.0. The normalized spacial score (nSPS) is 19.9. The number of fused-ring (bicyclic) bond motifs is 1. The number of carboxylic acids is 1. The number of phenols is 2. The summed E-state index contributed by atoms with van der Waals surface area (Å²) in [7, 11) is 0.